The Hall–Kier alpha value is -3.03. The summed E-state index contributed by atoms with van der Waals surface area (Å²) in [6.07, 6.45) is 9.06. The van der Waals surface area contributed by atoms with Crippen molar-refractivity contribution in [3.63, 3.8) is 0 Å². The van der Waals surface area contributed by atoms with Gasteiger partial charge in [-0.15, -0.1) is 0 Å². The molecule has 0 atom stereocenters. The number of aromatic nitrogens is 6. The van der Waals surface area contributed by atoms with Gasteiger partial charge in [-0.25, -0.2) is 19.9 Å². The Bertz CT molecular complexity index is 866. The quantitative estimate of drug-likeness (QED) is 0.715. The number of aryl methyl sites for hydroxylation is 2. The van der Waals surface area contributed by atoms with Crippen LogP contribution in [0, 0.1) is 13.8 Å². The Balaban J connectivity index is 1.49. The Morgan fingerprint density at radius 1 is 0.800 bits per heavy atom. The minimum Gasteiger partial charge on any atom is -0.353 e. The number of imidazole rings is 1. The van der Waals surface area contributed by atoms with Crippen LogP contribution < -0.4 is 9.80 Å². The molecule has 8 heteroatoms. The van der Waals surface area contributed by atoms with Gasteiger partial charge in [0.25, 0.3) is 0 Å². The molecule has 1 fully saturated rings. The van der Waals surface area contributed by atoms with E-state index in [0.29, 0.717) is 0 Å². The van der Waals surface area contributed by atoms with Gasteiger partial charge in [0.2, 0.25) is 0 Å². The minimum absolute atomic E-state index is 0.793. The summed E-state index contributed by atoms with van der Waals surface area (Å²) in [5.74, 6) is 4.37. The van der Waals surface area contributed by atoms with Gasteiger partial charge in [0, 0.05) is 44.8 Å². The van der Waals surface area contributed by atoms with Crippen molar-refractivity contribution in [2.75, 3.05) is 36.0 Å². The molecule has 4 rings (SSSR count). The third-order valence-corrected chi connectivity index (χ3v) is 4.37. The normalized spacial score (nSPS) is 14.8. The summed E-state index contributed by atoms with van der Waals surface area (Å²) < 4.78 is 1.94. The maximum absolute atomic E-state index is 4.75. The molecule has 0 N–H and O–H groups in total. The van der Waals surface area contributed by atoms with Gasteiger partial charge in [0.05, 0.1) is 12.4 Å². The Labute approximate surface area is 146 Å². The SMILES string of the molecule is Cc1nccc(N2CCN(c3cncc(-n4ccnc4C)n3)CC2)n1. The van der Waals surface area contributed by atoms with Gasteiger partial charge >= 0.3 is 0 Å². The molecule has 0 radical (unpaired) electrons. The zero-order valence-electron chi connectivity index (χ0n) is 14.4. The molecule has 3 aromatic heterocycles. The number of hydrogen-bond acceptors (Lipinski definition) is 7. The molecule has 25 heavy (non-hydrogen) atoms. The zero-order chi connectivity index (χ0) is 17.2. The van der Waals surface area contributed by atoms with Gasteiger partial charge in [-0.2, -0.15) is 0 Å². The summed E-state index contributed by atoms with van der Waals surface area (Å²) >= 11 is 0. The monoisotopic (exact) mass is 336 g/mol. The summed E-state index contributed by atoms with van der Waals surface area (Å²) in [5.41, 5.74) is 0. The second kappa shape index (κ2) is 6.46. The van der Waals surface area contributed by atoms with Gasteiger partial charge in [-0.3, -0.25) is 9.55 Å². The van der Waals surface area contributed by atoms with E-state index in [9.17, 15) is 0 Å². The molecule has 0 amide bonds. The van der Waals surface area contributed by atoms with Crippen molar-refractivity contribution in [2.24, 2.45) is 0 Å². The maximum Gasteiger partial charge on any atom is 0.159 e. The predicted molar refractivity (Wildman–Crippen MR) is 95.1 cm³/mol. The average molecular weight is 336 g/mol. The first-order chi connectivity index (χ1) is 12.2. The first-order valence-corrected chi connectivity index (χ1v) is 8.32. The molecule has 3 aromatic rings. The minimum atomic E-state index is 0.793. The highest BCUT2D eigenvalue weighted by molar-refractivity contribution is 5.45. The van der Waals surface area contributed by atoms with Crippen LogP contribution in [-0.4, -0.2) is 55.7 Å². The molecule has 4 heterocycles. The van der Waals surface area contributed by atoms with E-state index in [1.54, 1.807) is 12.4 Å². The van der Waals surface area contributed by atoms with E-state index < -0.39 is 0 Å². The van der Waals surface area contributed by atoms with Gasteiger partial charge in [-0.05, 0) is 19.9 Å². The molecule has 1 aliphatic rings. The second-order valence-electron chi connectivity index (χ2n) is 6.02. The molecule has 0 unspecified atom stereocenters. The van der Waals surface area contributed by atoms with Crippen molar-refractivity contribution < 1.29 is 0 Å². The molecule has 0 saturated carbocycles. The highest BCUT2D eigenvalue weighted by Crippen LogP contribution is 2.18. The molecule has 0 aliphatic carbocycles. The molecular weight excluding hydrogens is 316 g/mol. The molecule has 1 aliphatic heterocycles. The van der Waals surface area contributed by atoms with Crippen LogP contribution in [0.3, 0.4) is 0 Å². The zero-order valence-corrected chi connectivity index (χ0v) is 14.4. The van der Waals surface area contributed by atoms with E-state index in [1.807, 2.05) is 43.1 Å². The van der Waals surface area contributed by atoms with E-state index in [2.05, 4.69) is 29.7 Å². The first kappa shape index (κ1) is 15.5. The van der Waals surface area contributed by atoms with Crippen LogP contribution in [0.1, 0.15) is 11.6 Å². The van der Waals surface area contributed by atoms with E-state index in [4.69, 9.17) is 4.98 Å². The topological polar surface area (TPSA) is 75.9 Å². The number of anilines is 2. The van der Waals surface area contributed by atoms with Crippen LogP contribution in [-0.2, 0) is 0 Å². The van der Waals surface area contributed by atoms with Crippen LogP contribution in [0.2, 0.25) is 0 Å². The standard InChI is InChI=1S/C17H20N8/c1-13-19-4-3-15(21-13)23-7-9-24(10-8-23)16-11-18-12-17(22-16)25-6-5-20-14(25)2/h3-6,11-12H,7-10H2,1-2H3. The van der Waals surface area contributed by atoms with Crippen LogP contribution in [0.5, 0.6) is 0 Å². The third kappa shape index (κ3) is 3.15. The summed E-state index contributed by atoms with van der Waals surface area (Å²) in [7, 11) is 0. The van der Waals surface area contributed by atoms with Crippen LogP contribution >= 0.6 is 0 Å². The lowest BCUT2D eigenvalue weighted by Gasteiger charge is -2.36. The summed E-state index contributed by atoms with van der Waals surface area (Å²) in [6.45, 7) is 7.42. The fourth-order valence-electron chi connectivity index (χ4n) is 3.02. The van der Waals surface area contributed by atoms with Crippen LogP contribution in [0.4, 0.5) is 11.6 Å². The number of rotatable bonds is 3. The van der Waals surface area contributed by atoms with Gasteiger partial charge in [-0.1, -0.05) is 0 Å². The van der Waals surface area contributed by atoms with Gasteiger partial charge < -0.3 is 9.80 Å². The lowest BCUT2D eigenvalue weighted by atomic mass is 10.3. The largest absolute Gasteiger partial charge is 0.353 e. The van der Waals surface area contributed by atoms with Crippen LogP contribution in [0.25, 0.3) is 5.82 Å². The molecule has 1 saturated heterocycles. The highest BCUT2D eigenvalue weighted by atomic mass is 15.3. The molecule has 0 bridgehead atoms. The summed E-state index contributed by atoms with van der Waals surface area (Å²) in [5, 5.41) is 0. The van der Waals surface area contributed by atoms with Gasteiger partial charge in [0.15, 0.2) is 5.82 Å². The van der Waals surface area contributed by atoms with Crippen molar-refractivity contribution in [3.8, 4) is 5.82 Å². The van der Waals surface area contributed by atoms with Crippen molar-refractivity contribution in [1.29, 1.82) is 0 Å². The second-order valence-corrected chi connectivity index (χ2v) is 6.02. The molecule has 128 valence electrons. The molecule has 0 spiro atoms. The number of hydrogen-bond donors (Lipinski definition) is 0. The van der Waals surface area contributed by atoms with E-state index >= 15 is 0 Å². The van der Waals surface area contributed by atoms with Crippen molar-refractivity contribution in [2.45, 2.75) is 13.8 Å². The van der Waals surface area contributed by atoms with E-state index in [-0.39, 0.29) is 0 Å². The van der Waals surface area contributed by atoms with Crippen molar-refractivity contribution in [1.82, 2.24) is 29.5 Å². The number of nitrogens with zero attached hydrogens (tertiary/aromatic N) is 8. The smallest absolute Gasteiger partial charge is 0.159 e. The first-order valence-electron chi connectivity index (χ1n) is 8.32. The molecular formula is C17H20N8. The average Bonchev–Trinajstić information content (AvgIpc) is 3.08. The summed E-state index contributed by atoms with van der Waals surface area (Å²) in [4.78, 5) is 26.6. The fraction of sp³-hybridized carbons (Fsp3) is 0.353. The molecule has 8 nitrogen and oxygen atoms in total. The van der Waals surface area contributed by atoms with E-state index in [0.717, 1.165) is 55.3 Å². The Morgan fingerprint density at radius 2 is 1.52 bits per heavy atom. The predicted octanol–water partition coefficient (Wildman–Crippen LogP) is 1.40. The summed E-state index contributed by atoms with van der Waals surface area (Å²) in [6, 6.07) is 1.96. The Kier molecular flexibility index (Phi) is 4.01. The lowest BCUT2D eigenvalue weighted by molar-refractivity contribution is 0.638. The van der Waals surface area contributed by atoms with Crippen molar-refractivity contribution in [3.05, 3.63) is 48.7 Å². The third-order valence-electron chi connectivity index (χ3n) is 4.37. The van der Waals surface area contributed by atoms with Gasteiger partial charge in [0.1, 0.15) is 23.3 Å². The molecule has 0 aromatic carbocycles. The fourth-order valence-corrected chi connectivity index (χ4v) is 3.02. The number of piperazine rings is 1. The van der Waals surface area contributed by atoms with Crippen molar-refractivity contribution >= 4 is 11.6 Å². The lowest BCUT2D eigenvalue weighted by Crippen LogP contribution is -2.47. The van der Waals surface area contributed by atoms with E-state index in [1.165, 1.54) is 0 Å². The van der Waals surface area contributed by atoms with Crippen LogP contribution in [0.15, 0.2) is 37.1 Å². The Morgan fingerprint density at radius 3 is 2.20 bits per heavy atom. The maximum atomic E-state index is 4.75. The highest BCUT2D eigenvalue weighted by Gasteiger charge is 2.20.